The molecule has 2 atom stereocenters. The zero-order valence-corrected chi connectivity index (χ0v) is 22.4. The Labute approximate surface area is 193 Å². The Bertz CT molecular complexity index is 746. The Balaban J connectivity index is 3.45. The topological polar surface area (TPSA) is 29.5 Å². The van der Waals surface area contributed by atoms with Gasteiger partial charge in [0, 0.05) is 6.42 Å². The van der Waals surface area contributed by atoms with Crippen LogP contribution in [0.1, 0.15) is 98.0 Å². The Kier molecular flexibility index (Phi) is 10.6. The first-order valence-electron chi connectivity index (χ1n) is 12.1. The molecule has 0 bridgehead atoms. The Morgan fingerprint density at radius 3 is 2.19 bits per heavy atom. The van der Waals surface area contributed by atoms with Gasteiger partial charge in [-0.25, -0.2) is 0 Å². The second-order valence-electron chi connectivity index (χ2n) is 10.5. The average molecular weight is 443 g/mol. The summed E-state index contributed by atoms with van der Waals surface area (Å²) in [5, 5.41) is 9.80. The summed E-state index contributed by atoms with van der Waals surface area (Å²) in [5.74, 6) is 7.64. The van der Waals surface area contributed by atoms with E-state index in [1.54, 1.807) is 12.1 Å². The lowest BCUT2D eigenvalue weighted by molar-refractivity contribution is 0.127. The highest BCUT2D eigenvalue weighted by atomic mass is 28.4. The number of hydrogen-bond acceptors (Lipinski definition) is 2. The first-order chi connectivity index (χ1) is 14.4. The van der Waals surface area contributed by atoms with E-state index in [2.05, 4.69) is 73.1 Å². The fourth-order valence-electron chi connectivity index (χ4n) is 3.43. The molecule has 0 saturated carbocycles. The van der Waals surface area contributed by atoms with Crippen LogP contribution in [0.3, 0.4) is 0 Å². The van der Waals surface area contributed by atoms with E-state index in [4.69, 9.17) is 4.43 Å². The molecule has 2 unspecified atom stereocenters. The van der Waals surface area contributed by atoms with Crippen molar-refractivity contribution < 1.29 is 9.53 Å². The second kappa shape index (κ2) is 11.9. The summed E-state index contributed by atoms with van der Waals surface area (Å²) in [4.78, 5) is 0. The molecule has 1 rings (SSSR count). The van der Waals surface area contributed by atoms with Crippen molar-refractivity contribution in [2.75, 3.05) is 0 Å². The van der Waals surface area contributed by atoms with Gasteiger partial charge in [0.05, 0.1) is 0 Å². The molecule has 0 fully saturated rings. The van der Waals surface area contributed by atoms with E-state index in [0.717, 1.165) is 50.5 Å². The second-order valence-corrected chi connectivity index (χ2v) is 15.2. The van der Waals surface area contributed by atoms with Crippen LogP contribution >= 0.6 is 0 Å². The molecule has 174 valence electrons. The van der Waals surface area contributed by atoms with E-state index in [-0.39, 0.29) is 11.0 Å². The van der Waals surface area contributed by atoms with Crippen molar-refractivity contribution in [2.45, 2.75) is 116 Å². The van der Waals surface area contributed by atoms with Crippen LogP contribution < -0.4 is 0 Å². The van der Waals surface area contributed by atoms with Crippen molar-refractivity contribution in [1.82, 2.24) is 0 Å². The van der Waals surface area contributed by atoms with Gasteiger partial charge >= 0.3 is 0 Å². The van der Waals surface area contributed by atoms with Crippen LogP contribution in [0.4, 0.5) is 0 Å². The predicted octanol–water partition coefficient (Wildman–Crippen LogP) is 8.59. The van der Waals surface area contributed by atoms with Gasteiger partial charge in [-0.15, -0.1) is 0 Å². The number of benzene rings is 1. The van der Waals surface area contributed by atoms with Gasteiger partial charge in [0.25, 0.3) is 0 Å². The summed E-state index contributed by atoms with van der Waals surface area (Å²) in [7, 11) is -2.09. The van der Waals surface area contributed by atoms with E-state index in [1.807, 2.05) is 12.1 Å². The van der Waals surface area contributed by atoms with Gasteiger partial charge in [-0.05, 0) is 73.0 Å². The molecule has 0 aliphatic heterocycles. The molecule has 0 amide bonds. The van der Waals surface area contributed by atoms with Crippen LogP contribution in [0.15, 0.2) is 36.4 Å². The van der Waals surface area contributed by atoms with Crippen LogP contribution in [0.25, 0.3) is 0 Å². The molecule has 0 radical (unpaired) electrons. The van der Waals surface area contributed by atoms with Gasteiger partial charge in [0.1, 0.15) is 11.4 Å². The molecule has 1 N–H and O–H groups in total. The first-order valence-corrected chi connectivity index (χ1v) is 15.0. The van der Waals surface area contributed by atoms with Gasteiger partial charge in [0.15, 0.2) is 8.32 Å². The molecule has 0 aliphatic rings. The van der Waals surface area contributed by atoms with Crippen LogP contribution in [-0.4, -0.2) is 19.0 Å². The quantitative estimate of drug-likeness (QED) is 0.161. The molecular weight excluding hydrogens is 396 g/mol. The van der Waals surface area contributed by atoms with Crippen LogP contribution in [0.5, 0.6) is 5.75 Å². The van der Waals surface area contributed by atoms with Crippen molar-refractivity contribution in [3.63, 3.8) is 0 Å². The Hall–Kier alpha value is -1.50. The number of hydrogen-bond donors (Lipinski definition) is 1. The fraction of sp³-hybridized carbons (Fsp3) is 0.643. The van der Waals surface area contributed by atoms with Crippen molar-refractivity contribution in [3.05, 3.63) is 42.0 Å². The Morgan fingerprint density at radius 2 is 1.68 bits per heavy atom. The molecular formula is C28H46O2Si. The maximum absolute atomic E-state index is 9.71. The van der Waals surface area contributed by atoms with Gasteiger partial charge in [0.2, 0.25) is 0 Å². The number of aromatic hydroxyl groups is 1. The zero-order chi connectivity index (χ0) is 23.7. The normalized spacial score (nSPS) is 15.0. The highest BCUT2D eigenvalue weighted by Gasteiger charge is 2.46. The van der Waals surface area contributed by atoms with Crippen molar-refractivity contribution in [1.29, 1.82) is 0 Å². The molecule has 0 aliphatic carbocycles. The smallest absolute Gasteiger partial charge is 0.194 e. The van der Waals surface area contributed by atoms with Crippen LogP contribution in [0, 0.1) is 11.8 Å². The van der Waals surface area contributed by atoms with Gasteiger partial charge in [-0.2, -0.15) is 0 Å². The lowest BCUT2D eigenvalue weighted by Gasteiger charge is -2.45. The van der Waals surface area contributed by atoms with E-state index < -0.39 is 13.9 Å². The lowest BCUT2D eigenvalue weighted by Crippen LogP contribution is -2.50. The van der Waals surface area contributed by atoms with Crippen molar-refractivity contribution in [2.24, 2.45) is 0 Å². The van der Waals surface area contributed by atoms with Crippen molar-refractivity contribution >= 4 is 8.32 Å². The minimum absolute atomic E-state index is 0.0934. The van der Waals surface area contributed by atoms with Gasteiger partial charge < -0.3 is 9.53 Å². The maximum Gasteiger partial charge on any atom is 0.194 e. The number of rotatable bonds is 11. The average Bonchev–Trinajstić information content (AvgIpc) is 2.68. The number of phenols is 1. The number of unbranched alkanes of at least 4 members (excludes halogenated alkanes) is 3. The van der Waals surface area contributed by atoms with E-state index in [9.17, 15) is 5.11 Å². The fourth-order valence-corrected chi connectivity index (χ4v) is 4.88. The SMILES string of the molecule is C=C(CCCC)C(C#CCCCC)(CC(C)c1ccc(O)cc1)O[Si](C)(C)C(C)(C)C. The lowest BCUT2D eigenvalue weighted by atomic mass is 9.81. The summed E-state index contributed by atoms with van der Waals surface area (Å²) in [6.45, 7) is 22.7. The predicted molar refractivity (Wildman–Crippen MR) is 138 cm³/mol. The summed E-state index contributed by atoms with van der Waals surface area (Å²) >= 11 is 0. The molecule has 1 aromatic carbocycles. The third-order valence-electron chi connectivity index (χ3n) is 6.64. The maximum atomic E-state index is 9.71. The molecule has 1 aromatic rings. The van der Waals surface area contributed by atoms with E-state index in [0.29, 0.717) is 5.75 Å². The third-order valence-corrected chi connectivity index (χ3v) is 11.1. The monoisotopic (exact) mass is 442 g/mol. The zero-order valence-electron chi connectivity index (χ0n) is 21.4. The summed E-state index contributed by atoms with van der Waals surface area (Å²) in [6.07, 6.45) is 7.11. The summed E-state index contributed by atoms with van der Waals surface area (Å²) in [6, 6.07) is 7.55. The summed E-state index contributed by atoms with van der Waals surface area (Å²) in [5.41, 5.74) is 1.68. The van der Waals surface area contributed by atoms with Crippen LogP contribution in [0.2, 0.25) is 18.1 Å². The number of phenolic OH excluding ortho intramolecular Hbond substituents is 1. The minimum atomic E-state index is -2.09. The largest absolute Gasteiger partial charge is 0.508 e. The van der Waals surface area contributed by atoms with E-state index in [1.165, 1.54) is 5.56 Å². The molecule has 0 spiro atoms. The van der Waals surface area contributed by atoms with Crippen LogP contribution in [-0.2, 0) is 4.43 Å². The Morgan fingerprint density at radius 1 is 1.10 bits per heavy atom. The third kappa shape index (κ3) is 8.17. The van der Waals surface area contributed by atoms with Crippen molar-refractivity contribution in [3.8, 4) is 17.6 Å². The van der Waals surface area contributed by atoms with E-state index >= 15 is 0 Å². The molecule has 2 nitrogen and oxygen atoms in total. The highest BCUT2D eigenvalue weighted by molar-refractivity contribution is 6.74. The summed E-state index contributed by atoms with van der Waals surface area (Å²) < 4.78 is 7.16. The molecule has 0 heterocycles. The first kappa shape index (κ1) is 27.5. The molecule has 0 aromatic heterocycles. The molecule has 0 saturated heterocycles. The molecule has 31 heavy (non-hydrogen) atoms. The molecule has 3 heteroatoms. The highest BCUT2D eigenvalue weighted by Crippen LogP contribution is 2.44. The van der Waals surface area contributed by atoms with Gasteiger partial charge in [-0.1, -0.05) is 84.9 Å². The minimum Gasteiger partial charge on any atom is -0.508 e. The van der Waals surface area contributed by atoms with Gasteiger partial charge in [-0.3, -0.25) is 0 Å². The standard InChI is InChI=1S/C28H46O2Si/c1-10-12-14-15-21-28(24(4)16-13-11-2,30-31(8,9)27(5,6)7)22-23(3)25-17-19-26(29)20-18-25/h17-20,23,29H,4,10-14,16,22H2,1-3,5-9H3.